The number of hydrogen-bond acceptors (Lipinski definition) is 4. The Labute approximate surface area is 283 Å². The summed E-state index contributed by atoms with van der Waals surface area (Å²) < 4.78 is 43.0. The van der Waals surface area contributed by atoms with Crippen molar-refractivity contribution >= 4 is 29.3 Å². The van der Waals surface area contributed by atoms with Crippen molar-refractivity contribution in [3.63, 3.8) is 0 Å². The summed E-state index contributed by atoms with van der Waals surface area (Å²) in [5, 5.41) is 13.5. The molecule has 12 heteroatoms. The predicted octanol–water partition coefficient (Wildman–Crippen LogP) is 9.04. The van der Waals surface area contributed by atoms with Crippen LogP contribution in [0.15, 0.2) is 78.9 Å². The summed E-state index contributed by atoms with van der Waals surface area (Å²) in [4.78, 5) is 28.1. The third-order valence-corrected chi connectivity index (χ3v) is 9.14. The number of carbonyl (C=O) groups is 2. The number of halogens is 3. The number of urea groups is 2. The number of aryl methyl sites for hydroxylation is 1. The Bertz CT molecular complexity index is 1770. The lowest BCUT2D eigenvalue weighted by Crippen LogP contribution is -2.48. The summed E-state index contributed by atoms with van der Waals surface area (Å²) in [6.07, 6.45) is -0.322. The normalized spacial score (nSPS) is 19.0. The Kier molecular flexibility index (Phi) is 9.32. The van der Waals surface area contributed by atoms with Gasteiger partial charge in [0.25, 0.3) is 0 Å². The smallest absolute Gasteiger partial charge is 0.406 e. The first-order chi connectivity index (χ1) is 23.2. The molecule has 2 fully saturated rings. The van der Waals surface area contributed by atoms with E-state index in [0.29, 0.717) is 23.1 Å². The van der Waals surface area contributed by atoms with Crippen molar-refractivity contribution < 1.29 is 27.5 Å². The zero-order chi connectivity index (χ0) is 34.9. The van der Waals surface area contributed by atoms with Gasteiger partial charge >= 0.3 is 18.4 Å². The number of benzene rings is 3. The highest BCUT2D eigenvalue weighted by Crippen LogP contribution is 2.40. The number of amides is 4. The molecule has 2 unspecified atom stereocenters. The molecule has 6 rings (SSSR count). The van der Waals surface area contributed by atoms with E-state index in [2.05, 4.69) is 41.5 Å². The molecule has 3 heterocycles. The molecule has 0 radical (unpaired) electrons. The number of ether oxygens (including phenoxy) is 1. The number of aromatic nitrogens is 2. The maximum atomic E-state index is 13.2. The highest BCUT2D eigenvalue weighted by atomic mass is 19.4. The number of nitrogens with one attached hydrogen (secondary N) is 3. The number of rotatable bonds is 7. The van der Waals surface area contributed by atoms with Crippen LogP contribution in [-0.2, 0) is 11.8 Å². The number of fused-ring (bicyclic) bond motifs is 2. The Morgan fingerprint density at radius 3 is 2.02 bits per heavy atom. The molecule has 258 valence electrons. The average molecular weight is 675 g/mol. The van der Waals surface area contributed by atoms with Gasteiger partial charge in [0.05, 0.1) is 11.4 Å². The number of hydrogen-bond donors (Lipinski definition) is 3. The molecule has 2 saturated heterocycles. The van der Waals surface area contributed by atoms with Crippen LogP contribution >= 0.6 is 0 Å². The van der Waals surface area contributed by atoms with E-state index in [-0.39, 0.29) is 35.3 Å². The minimum atomic E-state index is -4.77. The lowest BCUT2D eigenvalue weighted by atomic mass is 9.86. The van der Waals surface area contributed by atoms with Gasteiger partial charge in [-0.15, -0.1) is 13.2 Å². The van der Waals surface area contributed by atoms with Gasteiger partial charge in [-0.2, -0.15) is 5.10 Å². The van der Waals surface area contributed by atoms with E-state index in [1.807, 2.05) is 66.4 Å². The van der Waals surface area contributed by atoms with Gasteiger partial charge in [-0.25, -0.2) is 14.3 Å². The highest BCUT2D eigenvalue weighted by Gasteiger charge is 2.43. The van der Waals surface area contributed by atoms with Gasteiger partial charge in [0.1, 0.15) is 11.6 Å². The molecule has 2 aliphatic heterocycles. The fourth-order valence-corrected chi connectivity index (χ4v) is 6.77. The van der Waals surface area contributed by atoms with Crippen LogP contribution in [0.2, 0.25) is 0 Å². The first-order valence-electron chi connectivity index (χ1n) is 16.5. The number of nitrogens with zero attached hydrogens (tertiary/aromatic N) is 3. The molecule has 0 spiro atoms. The fourth-order valence-electron chi connectivity index (χ4n) is 6.77. The third kappa shape index (κ3) is 8.36. The van der Waals surface area contributed by atoms with Gasteiger partial charge in [-0.05, 0) is 99.0 Å². The third-order valence-electron chi connectivity index (χ3n) is 9.14. The van der Waals surface area contributed by atoms with Gasteiger partial charge in [-0.3, -0.25) is 5.32 Å². The van der Waals surface area contributed by atoms with E-state index in [0.717, 1.165) is 54.6 Å². The molecule has 3 N–H and O–H groups in total. The molecule has 4 aromatic rings. The van der Waals surface area contributed by atoms with Crippen molar-refractivity contribution in [1.29, 1.82) is 0 Å². The van der Waals surface area contributed by atoms with E-state index in [1.165, 1.54) is 24.3 Å². The average Bonchev–Trinajstić information content (AvgIpc) is 3.57. The second kappa shape index (κ2) is 13.5. The molecule has 3 aromatic carbocycles. The predicted molar refractivity (Wildman–Crippen MR) is 183 cm³/mol. The molecule has 2 atom stereocenters. The van der Waals surface area contributed by atoms with Crippen LogP contribution in [0.1, 0.15) is 63.3 Å². The minimum absolute atomic E-state index is 0.105. The van der Waals surface area contributed by atoms with E-state index in [4.69, 9.17) is 5.10 Å². The largest absolute Gasteiger partial charge is 0.573 e. The number of alkyl halides is 3. The van der Waals surface area contributed by atoms with Crippen LogP contribution in [0.25, 0.3) is 5.69 Å². The monoisotopic (exact) mass is 674 g/mol. The minimum Gasteiger partial charge on any atom is -0.406 e. The molecule has 0 aliphatic carbocycles. The molecule has 4 amide bonds. The van der Waals surface area contributed by atoms with Crippen molar-refractivity contribution in [1.82, 2.24) is 14.7 Å². The standard InChI is InChI=1S/C37H41F3N6O3/c1-23-5-13-28(14-6-23)46-33(22-32(44-46)36(2,3)4)43-34(47)41-26-9-7-24(8-10-26)19-25-20-29-15-16-30(21-25)45(29)35(48)42-27-11-17-31(18-12-27)49-37(38,39)40/h5-14,17-18,22,25,29-30H,15-16,19-21H2,1-4H3,(H,42,48)(H2,41,43,47). The van der Waals surface area contributed by atoms with Gasteiger partial charge < -0.3 is 20.3 Å². The van der Waals surface area contributed by atoms with E-state index >= 15 is 0 Å². The van der Waals surface area contributed by atoms with Gasteiger partial charge in [0.2, 0.25) is 0 Å². The van der Waals surface area contributed by atoms with Crippen LogP contribution in [0, 0.1) is 12.8 Å². The van der Waals surface area contributed by atoms with Gasteiger partial charge in [0.15, 0.2) is 0 Å². The zero-order valence-corrected chi connectivity index (χ0v) is 28.0. The molecular formula is C37H41F3N6O3. The molecular weight excluding hydrogens is 633 g/mol. The summed E-state index contributed by atoms with van der Waals surface area (Å²) in [7, 11) is 0. The van der Waals surface area contributed by atoms with Crippen molar-refractivity contribution in [3.8, 4) is 11.4 Å². The van der Waals surface area contributed by atoms with Gasteiger partial charge in [-0.1, -0.05) is 50.6 Å². The van der Waals surface area contributed by atoms with Crippen LogP contribution in [0.3, 0.4) is 0 Å². The molecule has 49 heavy (non-hydrogen) atoms. The Morgan fingerprint density at radius 2 is 1.43 bits per heavy atom. The van der Waals surface area contributed by atoms with Crippen LogP contribution in [0.4, 0.5) is 40.0 Å². The quantitative estimate of drug-likeness (QED) is 0.182. The Morgan fingerprint density at radius 1 is 0.837 bits per heavy atom. The molecule has 9 nitrogen and oxygen atoms in total. The SMILES string of the molecule is Cc1ccc(-n2nc(C(C)(C)C)cc2NC(=O)Nc2ccc(CC3CC4CCC(C3)N4C(=O)Nc3ccc(OC(F)(F)F)cc3)cc2)cc1. The van der Waals surface area contributed by atoms with Crippen LogP contribution in [0.5, 0.6) is 5.75 Å². The summed E-state index contributed by atoms with van der Waals surface area (Å²) in [6.45, 7) is 8.27. The highest BCUT2D eigenvalue weighted by molar-refractivity contribution is 5.99. The van der Waals surface area contributed by atoms with Crippen LogP contribution < -0.4 is 20.7 Å². The topological polar surface area (TPSA) is 101 Å². The zero-order valence-electron chi connectivity index (χ0n) is 28.0. The molecule has 2 bridgehead atoms. The lowest BCUT2D eigenvalue weighted by Gasteiger charge is -2.39. The molecule has 2 aliphatic rings. The summed E-state index contributed by atoms with van der Waals surface area (Å²) in [6, 6.07) is 22.5. The van der Waals surface area contributed by atoms with Crippen LogP contribution in [-0.4, -0.2) is 45.2 Å². The van der Waals surface area contributed by atoms with Crippen molar-refractivity contribution in [2.45, 2.75) is 83.7 Å². The Balaban J connectivity index is 1.02. The number of piperidine rings is 1. The summed E-state index contributed by atoms with van der Waals surface area (Å²) in [5.41, 5.74) is 4.89. The molecule has 0 saturated carbocycles. The van der Waals surface area contributed by atoms with Crippen molar-refractivity contribution in [2.75, 3.05) is 16.0 Å². The number of carbonyl (C=O) groups excluding carboxylic acids is 2. The first-order valence-corrected chi connectivity index (χ1v) is 16.5. The maximum Gasteiger partial charge on any atom is 0.573 e. The second-order valence-electron chi connectivity index (χ2n) is 14.0. The van der Waals surface area contributed by atoms with E-state index in [1.54, 1.807) is 4.68 Å². The van der Waals surface area contributed by atoms with Gasteiger partial charge in [0, 0.05) is 34.9 Å². The lowest BCUT2D eigenvalue weighted by molar-refractivity contribution is -0.274. The summed E-state index contributed by atoms with van der Waals surface area (Å²) >= 11 is 0. The Hall–Kier alpha value is -5.00. The number of anilines is 3. The fraction of sp³-hybridized carbons (Fsp3) is 0.378. The molecule has 1 aromatic heterocycles. The van der Waals surface area contributed by atoms with Crippen molar-refractivity contribution in [2.24, 2.45) is 5.92 Å². The summed E-state index contributed by atoms with van der Waals surface area (Å²) in [5.74, 6) is 0.641. The van der Waals surface area contributed by atoms with Crippen molar-refractivity contribution in [3.05, 3.63) is 95.7 Å². The maximum absolute atomic E-state index is 13.2. The van der Waals surface area contributed by atoms with E-state index in [9.17, 15) is 22.8 Å². The first kappa shape index (κ1) is 33.9. The second-order valence-corrected chi connectivity index (χ2v) is 14.0. The van der Waals surface area contributed by atoms with E-state index < -0.39 is 6.36 Å².